The number of fused-ring (bicyclic) bond motifs is 1. The van der Waals surface area contributed by atoms with Crippen molar-refractivity contribution in [1.29, 1.82) is 0 Å². The maximum Gasteiger partial charge on any atom is 0.309 e. The molecule has 3 nitrogen and oxygen atoms in total. The molecule has 1 saturated carbocycles. The van der Waals surface area contributed by atoms with Gasteiger partial charge >= 0.3 is 5.97 Å². The smallest absolute Gasteiger partial charge is 0.309 e. The first kappa shape index (κ1) is 11.7. The lowest BCUT2D eigenvalue weighted by Gasteiger charge is -2.11. The van der Waals surface area contributed by atoms with E-state index in [-0.39, 0.29) is 11.9 Å². The van der Waals surface area contributed by atoms with E-state index in [0.717, 1.165) is 31.5 Å². The Morgan fingerprint density at radius 2 is 1.83 bits per heavy atom. The molecule has 0 spiro atoms. The number of carbonyl (C=O) groups is 1. The summed E-state index contributed by atoms with van der Waals surface area (Å²) < 4.78 is 5.42. The second-order valence-corrected chi connectivity index (χ2v) is 5.44. The fourth-order valence-electron chi connectivity index (χ4n) is 3.21. The molecule has 0 bridgehead atoms. The highest BCUT2D eigenvalue weighted by atomic mass is 16.5. The maximum atomic E-state index is 12.0. The van der Waals surface area contributed by atoms with Crippen LogP contribution in [0.1, 0.15) is 18.4 Å². The summed E-state index contributed by atoms with van der Waals surface area (Å²) in [5, 5.41) is 3.39. The molecule has 0 aromatic heterocycles. The van der Waals surface area contributed by atoms with Crippen LogP contribution in [0.4, 0.5) is 0 Å². The van der Waals surface area contributed by atoms with Crippen LogP contribution in [-0.2, 0) is 16.1 Å². The van der Waals surface area contributed by atoms with Crippen LogP contribution in [0.25, 0.3) is 0 Å². The number of esters is 1. The highest BCUT2D eigenvalue weighted by Crippen LogP contribution is 2.39. The van der Waals surface area contributed by atoms with Crippen molar-refractivity contribution in [3.63, 3.8) is 0 Å². The van der Waals surface area contributed by atoms with E-state index in [1.165, 1.54) is 0 Å². The molecule has 2 unspecified atom stereocenters. The SMILES string of the molecule is O=C(OCc1ccccc1)C1CC2CNCC2C1. The van der Waals surface area contributed by atoms with Crippen LogP contribution in [0.5, 0.6) is 0 Å². The van der Waals surface area contributed by atoms with Crippen LogP contribution < -0.4 is 5.32 Å². The molecular weight excluding hydrogens is 226 g/mol. The summed E-state index contributed by atoms with van der Waals surface area (Å²) in [7, 11) is 0. The second kappa shape index (κ2) is 5.11. The Labute approximate surface area is 108 Å². The van der Waals surface area contributed by atoms with Crippen molar-refractivity contribution in [3.8, 4) is 0 Å². The average Bonchev–Trinajstić information content (AvgIpc) is 2.98. The number of rotatable bonds is 3. The van der Waals surface area contributed by atoms with Crippen molar-refractivity contribution in [2.75, 3.05) is 13.1 Å². The number of benzene rings is 1. The van der Waals surface area contributed by atoms with Gasteiger partial charge in [-0.25, -0.2) is 0 Å². The standard InChI is InChI=1S/C15H19NO2/c17-15(18-10-11-4-2-1-3-5-11)12-6-13-8-16-9-14(13)7-12/h1-5,12-14,16H,6-10H2. The topological polar surface area (TPSA) is 38.3 Å². The van der Waals surface area contributed by atoms with Gasteiger partial charge in [0, 0.05) is 0 Å². The summed E-state index contributed by atoms with van der Waals surface area (Å²) in [5.41, 5.74) is 1.06. The lowest BCUT2D eigenvalue weighted by atomic mass is 10.0. The molecular formula is C15H19NO2. The van der Waals surface area contributed by atoms with Gasteiger partial charge in [-0.15, -0.1) is 0 Å². The third-order valence-electron chi connectivity index (χ3n) is 4.21. The molecule has 3 rings (SSSR count). The van der Waals surface area contributed by atoms with Crippen LogP contribution >= 0.6 is 0 Å². The molecule has 1 saturated heterocycles. The Morgan fingerprint density at radius 1 is 1.17 bits per heavy atom. The lowest BCUT2D eigenvalue weighted by molar-refractivity contribution is -0.149. The zero-order chi connectivity index (χ0) is 12.4. The minimum Gasteiger partial charge on any atom is -0.461 e. The lowest BCUT2D eigenvalue weighted by Crippen LogP contribution is -2.19. The summed E-state index contributed by atoms with van der Waals surface area (Å²) in [6, 6.07) is 9.88. The van der Waals surface area contributed by atoms with Crippen molar-refractivity contribution < 1.29 is 9.53 Å². The molecule has 1 aromatic rings. The van der Waals surface area contributed by atoms with Gasteiger partial charge in [0.05, 0.1) is 5.92 Å². The van der Waals surface area contributed by atoms with Gasteiger partial charge in [0.15, 0.2) is 0 Å². The molecule has 1 aliphatic heterocycles. The minimum absolute atomic E-state index is 0.00625. The number of carbonyl (C=O) groups excluding carboxylic acids is 1. The minimum atomic E-state index is -0.00625. The molecule has 0 radical (unpaired) electrons. The number of hydrogen-bond donors (Lipinski definition) is 1. The van der Waals surface area contributed by atoms with E-state index in [2.05, 4.69) is 5.32 Å². The largest absolute Gasteiger partial charge is 0.461 e. The molecule has 2 fully saturated rings. The van der Waals surface area contributed by atoms with Gasteiger partial charge in [-0.05, 0) is 43.3 Å². The third-order valence-corrected chi connectivity index (χ3v) is 4.21. The van der Waals surface area contributed by atoms with E-state index in [9.17, 15) is 4.79 Å². The first-order chi connectivity index (χ1) is 8.83. The van der Waals surface area contributed by atoms with Gasteiger partial charge in [-0.2, -0.15) is 0 Å². The molecule has 18 heavy (non-hydrogen) atoms. The number of ether oxygens (including phenoxy) is 1. The number of hydrogen-bond acceptors (Lipinski definition) is 3. The Bertz CT molecular complexity index is 406. The quantitative estimate of drug-likeness (QED) is 0.827. The zero-order valence-corrected chi connectivity index (χ0v) is 10.5. The summed E-state index contributed by atoms with van der Waals surface area (Å²) in [4.78, 5) is 12.0. The first-order valence-electron chi connectivity index (χ1n) is 6.74. The first-order valence-corrected chi connectivity index (χ1v) is 6.74. The monoisotopic (exact) mass is 245 g/mol. The van der Waals surface area contributed by atoms with Crippen LogP contribution in [0.2, 0.25) is 0 Å². The zero-order valence-electron chi connectivity index (χ0n) is 10.5. The molecule has 1 aliphatic carbocycles. The Kier molecular flexibility index (Phi) is 3.33. The molecule has 0 amide bonds. The molecule has 1 N–H and O–H groups in total. The third kappa shape index (κ3) is 2.41. The van der Waals surface area contributed by atoms with E-state index in [1.807, 2.05) is 30.3 Å². The molecule has 3 heteroatoms. The van der Waals surface area contributed by atoms with E-state index in [1.54, 1.807) is 0 Å². The van der Waals surface area contributed by atoms with Crippen LogP contribution in [0.3, 0.4) is 0 Å². The van der Waals surface area contributed by atoms with Crippen LogP contribution in [0, 0.1) is 17.8 Å². The summed E-state index contributed by atoms with van der Waals surface area (Å²) >= 11 is 0. The van der Waals surface area contributed by atoms with E-state index in [0.29, 0.717) is 18.4 Å². The molecule has 1 aromatic carbocycles. The van der Waals surface area contributed by atoms with E-state index in [4.69, 9.17) is 4.74 Å². The van der Waals surface area contributed by atoms with Gasteiger partial charge in [0.2, 0.25) is 0 Å². The van der Waals surface area contributed by atoms with Crippen LogP contribution in [-0.4, -0.2) is 19.1 Å². The van der Waals surface area contributed by atoms with E-state index >= 15 is 0 Å². The predicted molar refractivity (Wildman–Crippen MR) is 68.8 cm³/mol. The average molecular weight is 245 g/mol. The van der Waals surface area contributed by atoms with Crippen molar-refractivity contribution in [2.24, 2.45) is 17.8 Å². The van der Waals surface area contributed by atoms with Crippen molar-refractivity contribution in [2.45, 2.75) is 19.4 Å². The molecule has 2 atom stereocenters. The van der Waals surface area contributed by atoms with Crippen molar-refractivity contribution in [3.05, 3.63) is 35.9 Å². The van der Waals surface area contributed by atoms with Crippen molar-refractivity contribution >= 4 is 5.97 Å². The molecule has 1 heterocycles. The van der Waals surface area contributed by atoms with Gasteiger partial charge in [0.25, 0.3) is 0 Å². The van der Waals surface area contributed by atoms with Gasteiger partial charge < -0.3 is 10.1 Å². The van der Waals surface area contributed by atoms with Crippen LogP contribution in [0.15, 0.2) is 30.3 Å². The molecule has 96 valence electrons. The summed E-state index contributed by atoms with van der Waals surface area (Å²) in [6.07, 6.45) is 2.01. The Morgan fingerprint density at radius 3 is 2.50 bits per heavy atom. The predicted octanol–water partition coefficient (Wildman–Crippen LogP) is 1.98. The normalized spacial score (nSPS) is 30.1. The fourth-order valence-corrected chi connectivity index (χ4v) is 3.21. The number of nitrogens with one attached hydrogen (secondary N) is 1. The Hall–Kier alpha value is -1.35. The summed E-state index contributed by atoms with van der Waals surface area (Å²) in [6.45, 7) is 2.56. The Balaban J connectivity index is 1.50. The highest BCUT2D eigenvalue weighted by Gasteiger charge is 2.40. The summed E-state index contributed by atoms with van der Waals surface area (Å²) in [5.74, 6) is 1.51. The maximum absolute atomic E-state index is 12.0. The van der Waals surface area contributed by atoms with Gasteiger partial charge in [-0.1, -0.05) is 30.3 Å². The van der Waals surface area contributed by atoms with Crippen molar-refractivity contribution in [1.82, 2.24) is 5.32 Å². The molecule has 2 aliphatic rings. The second-order valence-electron chi connectivity index (χ2n) is 5.44. The van der Waals surface area contributed by atoms with Gasteiger partial charge in [0.1, 0.15) is 6.61 Å². The van der Waals surface area contributed by atoms with Gasteiger partial charge in [-0.3, -0.25) is 4.79 Å². The highest BCUT2D eigenvalue weighted by molar-refractivity contribution is 5.73. The van der Waals surface area contributed by atoms with E-state index < -0.39 is 0 Å². The fraction of sp³-hybridized carbons (Fsp3) is 0.533.